The zero-order chi connectivity index (χ0) is 14.8. The monoisotopic (exact) mass is 281 g/mol. The highest BCUT2D eigenvalue weighted by Gasteiger charge is 2.10. The standard InChI is InChI=1S/C16H15N3O2/c1-11(20)14-8-12(17)5-6-15(14)21-10-13-9-19-7-3-2-4-16(19)18-13/h2-9H,10,17H2,1H3. The van der Waals surface area contributed by atoms with E-state index in [4.69, 9.17) is 10.5 Å². The number of nitrogens with zero attached hydrogens (tertiary/aromatic N) is 2. The predicted molar refractivity (Wildman–Crippen MR) is 80.4 cm³/mol. The molecule has 0 aliphatic rings. The third-order valence-electron chi connectivity index (χ3n) is 3.17. The lowest BCUT2D eigenvalue weighted by Gasteiger charge is -2.09. The van der Waals surface area contributed by atoms with Crippen LogP contribution in [0, 0.1) is 0 Å². The Bertz CT molecular complexity index is 775. The van der Waals surface area contributed by atoms with Crippen LogP contribution in [-0.4, -0.2) is 15.2 Å². The number of Topliss-reactive ketones (excluding diaryl/α,β-unsaturated/α-hetero) is 1. The van der Waals surface area contributed by atoms with Gasteiger partial charge in [0, 0.05) is 18.1 Å². The van der Waals surface area contributed by atoms with Gasteiger partial charge < -0.3 is 14.9 Å². The molecule has 106 valence electrons. The number of aromatic nitrogens is 2. The molecule has 0 atom stereocenters. The van der Waals surface area contributed by atoms with Crippen molar-refractivity contribution in [3.8, 4) is 5.75 Å². The van der Waals surface area contributed by atoms with Gasteiger partial charge in [0.25, 0.3) is 0 Å². The predicted octanol–water partition coefficient (Wildman–Crippen LogP) is 2.70. The molecule has 0 aliphatic heterocycles. The number of rotatable bonds is 4. The second kappa shape index (κ2) is 5.28. The fraction of sp³-hybridized carbons (Fsp3) is 0.125. The third-order valence-corrected chi connectivity index (χ3v) is 3.17. The van der Waals surface area contributed by atoms with Gasteiger partial charge in [-0.05, 0) is 37.3 Å². The maximum absolute atomic E-state index is 11.6. The van der Waals surface area contributed by atoms with Crippen molar-refractivity contribution >= 4 is 17.1 Å². The van der Waals surface area contributed by atoms with Crippen molar-refractivity contribution in [1.29, 1.82) is 0 Å². The first kappa shape index (κ1) is 13.2. The van der Waals surface area contributed by atoms with E-state index in [0.29, 0.717) is 23.6 Å². The van der Waals surface area contributed by atoms with E-state index in [-0.39, 0.29) is 5.78 Å². The first-order valence-electron chi connectivity index (χ1n) is 6.59. The SMILES string of the molecule is CC(=O)c1cc(N)ccc1OCc1cn2ccccc2n1. The molecule has 2 heterocycles. The smallest absolute Gasteiger partial charge is 0.163 e. The largest absolute Gasteiger partial charge is 0.486 e. The lowest BCUT2D eigenvalue weighted by molar-refractivity contribution is 0.101. The van der Waals surface area contributed by atoms with Crippen LogP contribution in [0.4, 0.5) is 5.69 Å². The summed E-state index contributed by atoms with van der Waals surface area (Å²) in [6, 6.07) is 10.8. The molecule has 5 heteroatoms. The lowest BCUT2D eigenvalue weighted by Crippen LogP contribution is -2.03. The molecule has 0 bridgehead atoms. The van der Waals surface area contributed by atoms with Gasteiger partial charge in [-0.3, -0.25) is 4.79 Å². The van der Waals surface area contributed by atoms with Gasteiger partial charge in [-0.25, -0.2) is 4.98 Å². The summed E-state index contributed by atoms with van der Waals surface area (Å²) in [5.41, 5.74) is 8.39. The Balaban J connectivity index is 1.83. The van der Waals surface area contributed by atoms with E-state index in [1.807, 2.05) is 35.0 Å². The number of benzene rings is 1. The molecule has 0 amide bonds. The van der Waals surface area contributed by atoms with Crippen LogP contribution in [0.2, 0.25) is 0 Å². The van der Waals surface area contributed by atoms with Crippen molar-refractivity contribution < 1.29 is 9.53 Å². The number of fused-ring (bicyclic) bond motifs is 1. The van der Waals surface area contributed by atoms with Gasteiger partial charge in [0.15, 0.2) is 5.78 Å². The number of ketones is 1. The van der Waals surface area contributed by atoms with Gasteiger partial charge in [0.05, 0.1) is 11.3 Å². The number of pyridine rings is 1. The summed E-state index contributed by atoms with van der Waals surface area (Å²) < 4.78 is 7.64. The Kier molecular flexibility index (Phi) is 3.31. The number of anilines is 1. The quantitative estimate of drug-likeness (QED) is 0.589. The fourth-order valence-corrected chi connectivity index (χ4v) is 2.16. The highest BCUT2D eigenvalue weighted by atomic mass is 16.5. The summed E-state index contributed by atoms with van der Waals surface area (Å²) in [5.74, 6) is 0.445. The highest BCUT2D eigenvalue weighted by Crippen LogP contribution is 2.23. The Morgan fingerprint density at radius 2 is 2.19 bits per heavy atom. The van der Waals surface area contributed by atoms with Crippen LogP contribution in [0.5, 0.6) is 5.75 Å². The first-order chi connectivity index (χ1) is 10.1. The van der Waals surface area contributed by atoms with E-state index >= 15 is 0 Å². The Labute approximate surface area is 122 Å². The maximum Gasteiger partial charge on any atom is 0.163 e. The van der Waals surface area contributed by atoms with Crippen LogP contribution in [-0.2, 0) is 6.61 Å². The molecule has 1 aromatic carbocycles. The Hall–Kier alpha value is -2.82. The summed E-state index contributed by atoms with van der Waals surface area (Å²) in [4.78, 5) is 16.1. The summed E-state index contributed by atoms with van der Waals surface area (Å²) >= 11 is 0. The van der Waals surface area contributed by atoms with Crippen LogP contribution >= 0.6 is 0 Å². The van der Waals surface area contributed by atoms with E-state index in [2.05, 4.69) is 4.98 Å². The van der Waals surface area contributed by atoms with Crippen molar-refractivity contribution in [3.63, 3.8) is 0 Å². The molecular weight excluding hydrogens is 266 g/mol. The minimum atomic E-state index is -0.0766. The van der Waals surface area contributed by atoms with E-state index in [1.165, 1.54) is 6.92 Å². The third kappa shape index (κ3) is 2.72. The maximum atomic E-state index is 11.6. The number of imidazole rings is 1. The van der Waals surface area contributed by atoms with E-state index < -0.39 is 0 Å². The zero-order valence-corrected chi connectivity index (χ0v) is 11.6. The molecule has 0 saturated carbocycles. The summed E-state index contributed by atoms with van der Waals surface area (Å²) in [6.07, 6.45) is 3.83. The van der Waals surface area contributed by atoms with Gasteiger partial charge in [-0.1, -0.05) is 6.07 Å². The Morgan fingerprint density at radius 3 is 2.95 bits per heavy atom. The first-order valence-corrected chi connectivity index (χ1v) is 6.59. The van der Waals surface area contributed by atoms with Gasteiger partial charge in [0.1, 0.15) is 18.0 Å². The van der Waals surface area contributed by atoms with Crippen LogP contribution in [0.15, 0.2) is 48.8 Å². The molecule has 3 aromatic rings. The number of hydrogen-bond acceptors (Lipinski definition) is 4. The van der Waals surface area contributed by atoms with Gasteiger partial charge in [-0.2, -0.15) is 0 Å². The molecule has 0 spiro atoms. The molecule has 21 heavy (non-hydrogen) atoms. The fourth-order valence-electron chi connectivity index (χ4n) is 2.16. The molecule has 0 aliphatic carbocycles. The summed E-state index contributed by atoms with van der Waals surface area (Å²) in [6.45, 7) is 1.79. The number of carbonyl (C=O) groups is 1. The van der Waals surface area contributed by atoms with Crippen molar-refractivity contribution in [3.05, 3.63) is 60.0 Å². The molecule has 5 nitrogen and oxygen atoms in total. The van der Waals surface area contributed by atoms with E-state index in [9.17, 15) is 4.79 Å². The van der Waals surface area contributed by atoms with Crippen LogP contribution < -0.4 is 10.5 Å². The second-order valence-corrected chi connectivity index (χ2v) is 4.80. The van der Waals surface area contributed by atoms with Gasteiger partial charge in [-0.15, -0.1) is 0 Å². The lowest BCUT2D eigenvalue weighted by atomic mass is 10.1. The van der Waals surface area contributed by atoms with Crippen LogP contribution in [0.3, 0.4) is 0 Å². The molecule has 0 fully saturated rings. The minimum absolute atomic E-state index is 0.0766. The second-order valence-electron chi connectivity index (χ2n) is 4.80. The normalized spacial score (nSPS) is 10.7. The number of nitrogen functional groups attached to an aromatic ring is 1. The van der Waals surface area contributed by atoms with E-state index in [0.717, 1.165) is 11.3 Å². The number of hydrogen-bond donors (Lipinski definition) is 1. The van der Waals surface area contributed by atoms with Gasteiger partial charge >= 0.3 is 0 Å². The molecule has 0 saturated heterocycles. The number of carbonyl (C=O) groups excluding carboxylic acids is 1. The molecule has 0 radical (unpaired) electrons. The van der Waals surface area contributed by atoms with Crippen LogP contribution in [0.25, 0.3) is 5.65 Å². The topological polar surface area (TPSA) is 69.6 Å². The molecule has 3 rings (SSSR count). The van der Waals surface area contributed by atoms with E-state index in [1.54, 1.807) is 18.2 Å². The van der Waals surface area contributed by atoms with Gasteiger partial charge in [0.2, 0.25) is 0 Å². The average Bonchev–Trinajstić information content (AvgIpc) is 2.88. The van der Waals surface area contributed by atoms with Crippen molar-refractivity contribution in [2.24, 2.45) is 0 Å². The molecule has 2 aromatic heterocycles. The molecule has 2 N–H and O–H groups in total. The molecular formula is C16H15N3O2. The zero-order valence-electron chi connectivity index (χ0n) is 11.6. The summed E-state index contributed by atoms with van der Waals surface area (Å²) in [7, 11) is 0. The van der Waals surface area contributed by atoms with Crippen molar-refractivity contribution in [2.45, 2.75) is 13.5 Å². The van der Waals surface area contributed by atoms with Crippen molar-refractivity contribution in [1.82, 2.24) is 9.38 Å². The molecule has 0 unspecified atom stereocenters. The number of nitrogens with two attached hydrogens (primary N) is 1. The van der Waals surface area contributed by atoms with Crippen molar-refractivity contribution in [2.75, 3.05) is 5.73 Å². The number of ether oxygens (including phenoxy) is 1. The minimum Gasteiger partial charge on any atom is -0.486 e. The summed E-state index contributed by atoms with van der Waals surface area (Å²) in [5, 5.41) is 0. The Morgan fingerprint density at radius 1 is 1.33 bits per heavy atom. The highest BCUT2D eigenvalue weighted by molar-refractivity contribution is 5.97. The average molecular weight is 281 g/mol. The van der Waals surface area contributed by atoms with Crippen LogP contribution in [0.1, 0.15) is 23.0 Å².